The van der Waals surface area contributed by atoms with Crippen LogP contribution in [0.1, 0.15) is 5.56 Å². The van der Waals surface area contributed by atoms with Crippen molar-refractivity contribution in [2.75, 3.05) is 53.4 Å². The van der Waals surface area contributed by atoms with Crippen molar-refractivity contribution in [3.8, 4) is 11.1 Å². The summed E-state index contributed by atoms with van der Waals surface area (Å²) in [6, 6.07) is 35.5. The molecule has 0 atom stereocenters. The third-order valence-electron chi connectivity index (χ3n) is 8.90. The Kier molecular flexibility index (Phi) is 10.6. The number of nitro benzene ring substituents is 1. The molecule has 0 aliphatic carbocycles. The molecule has 0 amide bonds. The minimum absolute atomic E-state index is 0.00788. The zero-order chi connectivity index (χ0) is 36.1. The Morgan fingerprint density at radius 2 is 1.63 bits per heavy atom. The average Bonchev–Trinajstić information content (AvgIpc) is 3.55. The second-order valence-corrected chi connectivity index (χ2v) is 15.6. The molecular weight excluding hydrogens is 720 g/mol. The van der Waals surface area contributed by atoms with Crippen LogP contribution in [-0.2, 0) is 16.6 Å². The largest absolute Gasteiger partial charge is 0.379 e. The van der Waals surface area contributed by atoms with Gasteiger partial charge >= 0.3 is 0 Å². The predicted molar refractivity (Wildman–Crippen MR) is 208 cm³/mol. The second-order valence-electron chi connectivity index (χ2n) is 12.3. The lowest BCUT2D eigenvalue weighted by Crippen LogP contribution is -2.46. The monoisotopic (exact) mass is 754 g/mol. The number of hydrogen-bond acceptors (Lipinski definition) is 10. The third-order valence-corrected chi connectivity index (χ3v) is 11.5. The number of piperazine rings is 1. The van der Waals surface area contributed by atoms with E-state index in [0.717, 1.165) is 54.9 Å². The number of fused-ring (bicyclic) bond motifs is 1. The molecule has 11 nitrogen and oxygen atoms in total. The van der Waals surface area contributed by atoms with E-state index in [1.54, 1.807) is 17.8 Å². The first kappa shape index (κ1) is 35.3. The number of benzene rings is 5. The van der Waals surface area contributed by atoms with Crippen LogP contribution in [0, 0.1) is 10.1 Å². The van der Waals surface area contributed by atoms with E-state index in [4.69, 9.17) is 16.1 Å². The summed E-state index contributed by atoms with van der Waals surface area (Å²) in [4.78, 5) is 16.8. The molecule has 0 spiro atoms. The SMILES string of the molecule is O=[N+]([O-])c1cc(S(=O)(=O)Nc2noc3cc(N4CCN(Cc5ccccc5-c5ccc(Cl)cc5)CC4)ccc23)ccc1NCCSc1ccccc1. The number of anilines is 3. The molecule has 6 aromatic rings. The second kappa shape index (κ2) is 15.7. The van der Waals surface area contributed by atoms with Crippen molar-refractivity contribution in [2.24, 2.45) is 0 Å². The van der Waals surface area contributed by atoms with E-state index in [0.29, 0.717) is 28.3 Å². The van der Waals surface area contributed by atoms with Gasteiger partial charge in [-0.15, -0.1) is 11.8 Å². The number of hydrogen-bond donors (Lipinski definition) is 2. The maximum atomic E-state index is 13.4. The summed E-state index contributed by atoms with van der Waals surface area (Å²) in [5, 5.41) is 20.1. The van der Waals surface area contributed by atoms with Crippen molar-refractivity contribution in [3.63, 3.8) is 0 Å². The van der Waals surface area contributed by atoms with Gasteiger partial charge in [-0.2, -0.15) is 0 Å². The molecule has 1 aliphatic rings. The highest BCUT2D eigenvalue weighted by Crippen LogP contribution is 2.33. The highest BCUT2D eigenvalue weighted by molar-refractivity contribution is 7.99. The van der Waals surface area contributed by atoms with Gasteiger partial charge in [-0.25, -0.2) is 8.42 Å². The standard InChI is InChI=1S/C38H35ClN6O5S2/c39-29-12-10-27(11-13-29)33-9-5-4-6-28(33)26-43-19-21-44(22-20-43)30-14-16-34-37(24-30)50-41-38(34)42-52(48,49)32-15-17-35(36(25-32)45(46)47)40-18-23-51-31-7-2-1-3-8-31/h1-17,24-25,40H,18-23,26H2,(H,41,42). The smallest absolute Gasteiger partial charge is 0.293 e. The highest BCUT2D eigenvalue weighted by atomic mass is 35.5. The van der Waals surface area contributed by atoms with Gasteiger partial charge < -0.3 is 14.7 Å². The van der Waals surface area contributed by atoms with E-state index in [1.807, 2.05) is 66.7 Å². The van der Waals surface area contributed by atoms with E-state index in [9.17, 15) is 18.5 Å². The summed E-state index contributed by atoms with van der Waals surface area (Å²) >= 11 is 7.73. The lowest BCUT2D eigenvalue weighted by molar-refractivity contribution is -0.384. The van der Waals surface area contributed by atoms with Crippen LogP contribution < -0.4 is 14.9 Å². The lowest BCUT2D eigenvalue weighted by Gasteiger charge is -2.36. The van der Waals surface area contributed by atoms with Crippen molar-refractivity contribution in [1.29, 1.82) is 0 Å². The number of nitro groups is 1. The Bertz CT molecular complexity index is 2300. The molecule has 2 heterocycles. The van der Waals surface area contributed by atoms with Crippen molar-refractivity contribution in [1.82, 2.24) is 10.1 Å². The summed E-state index contributed by atoms with van der Waals surface area (Å²) in [6.45, 7) is 4.61. The molecule has 14 heteroatoms. The fraction of sp³-hybridized carbons (Fsp3) is 0.184. The first-order valence-corrected chi connectivity index (χ1v) is 19.5. The van der Waals surface area contributed by atoms with Gasteiger partial charge in [-0.05, 0) is 65.2 Å². The molecule has 0 bridgehead atoms. The van der Waals surface area contributed by atoms with Crippen molar-refractivity contribution >= 4 is 67.2 Å². The van der Waals surface area contributed by atoms with Gasteiger partial charge in [0.05, 0.1) is 15.2 Å². The highest BCUT2D eigenvalue weighted by Gasteiger charge is 2.25. The van der Waals surface area contributed by atoms with E-state index in [1.165, 1.54) is 23.3 Å². The van der Waals surface area contributed by atoms with Gasteiger partial charge in [-0.1, -0.05) is 71.4 Å². The van der Waals surface area contributed by atoms with Crippen molar-refractivity contribution in [2.45, 2.75) is 16.3 Å². The maximum Gasteiger partial charge on any atom is 0.293 e. The van der Waals surface area contributed by atoms with Crippen LogP contribution in [0.4, 0.5) is 22.9 Å². The van der Waals surface area contributed by atoms with Crippen LogP contribution in [0.3, 0.4) is 0 Å². The quantitative estimate of drug-likeness (QED) is 0.0513. The van der Waals surface area contributed by atoms with Gasteiger partial charge in [-0.3, -0.25) is 19.7 Å². The zero-order valence-corrected chi connectivity index (χ0v) is 30.3. The number of nitrogens with one attached hydrogen (secondary N) is 2. The normalized spacial score (nSPS) is 13.7. The number of rotatable bonds is 13. The summed E-state index contributed by atoms with van der Waals surface area (Å²) in [5.41, 5.74) is 4.85. The molecule has 1 saturated heterocycles. The van der Waals surface area contributed by atoms with Crippen LogP contribution in [0.2, 0.25) is 5.02 Å². The summed E-state index contributed by atoms with van der Waals surface area (Å²) < 4.78 is 34.8. The third kappa shape index (κ3) is 8.18. The van der Waals surface area contributed by atoms with Crippen LogP contribution in [0.15, 0.2) is 130 Å². The number of halogens is 1. The molecule has 7 rings (SSSR count). The Balaban J connectivity index is 0.978. The maximum absolute atomic E-state index is 13.4. The fourth-order valence-corrected chi connectivity index (χ4v) is 8.16. The Morgan fingerprint density at radius 1 is 0.885 bits per heavy atom. The molecule has 1 fully saturated rings. The summed E-state index contributed by atoms with van der Waals surface area (Å²) in [7, 11) is -4.22. The first-order valence-electron chi connectivity index (χ1n) is 16.7. The number of nitrogens with zero attached hydrogens (tertiary/aromatic N) is 4. The summed E-state index contributed by atoms with van der Waals surface area (Å²) in [6.07, 6.45) is 0. The predicted octanol–water partition coefficient (Wildman–Crippen LogP) is 8.38. The Labute approximate surface area is 310 Å². The summed E-state index contributed by atoms with van der Waals surface area (Å²) in [5.74, 6) is 0.675. The number of sulfonamides is 1. The molecule has 266 valence electrons. The Morgan fingerprint density at radius 3 is 2.40 bits per heavy atom. The van der Waals surface area contributed by atoms with E-state index in [2.05, 4.69) is 49.3 Å². The van der Waals surface area contributed by atoms with Crippen LogP contribution in [0.5, 0.6) is 0 Å². The van der Waals surface area contributed by atoms with E-state index in [-0.39, 0.29) is 22.1 Å². The van der Waals surface area contributed by atoms with Crippen LogP contribution >= 0.6 is 23.4 Å². The zero-order valence-electron chi connectivity index (χ0n) is 27.9. The van der Waals surface area contributed by atoms with E-state index < -0.39 is 14.9 Å². The molecular formula is C38H35ClN6O5S2. The Hall–Kier alpha value is -5.08. The molecule has 0 radical (unpaired) electrons. The van der Waals surface area contributed by atoms with Gasteiger partial charge in [0, 0.05) is 72.8 Å². The van der Waals surface area contributed by atoms with E-state index >= 15 is 0 Å². The molecule has 52 heavy (non-hydrogen) atoms. The number of thioether (sulfide) groups is 1. The first-order chi connectivity index (χ1) is 25.2. The molecule has 0 unspecified atom stereocenters. The average molecular weight is 755 g/mol. The topological polar surface area (TPSA) is 134 Å². The molecule has 0 saturated carbocycles. The lowest BCUT2D eigenvalue weighted by atomic mass is 9.99. The van der Waals surface area contributed by atoms with Gasteiger partial charge in [0.1, 0.15) is 5.69 Å². The minimum atomic E-state index is -4.22. The van der Waals surface area contributed by atoms with Gasteiger partial charge in [0.25, 0.3) is 15.7 Å². The van der Waals surface area contributed by atoms with Crippen LogP contribution in [0.25, 0.3) is 22.1 Å². The fourth-order valence-electron chi connectivity index (χ4n) is 6.21. The number of aromatic nitrogens is 1. The molecule has 1 aromatic heterocycles. The molecule has 1 aliphatic heterocycles. The van der Waals surface area contributed by atoms with Crippen LogP contribution in [-0.4, -0.2) is 61.9 Å². The minimum Gasteiger partial charge on any atom is -0.379 e. The van der Waals surface area contributed by atoms with Gasteiger partial charge in [0.2, 0.25) is 0 Å². The van der Waals surface area contributed by atoms with Crippen molar-refractivity contribution < 1.29 is 17.9 Å². The molecule has 5 aromatic carbocycles. The molecule has 2 N–H and O–H groups in total. The van der Waals surface area contributed by atoms with Crippen molar-refractivity contribution in [3.05, 3.63) is 136 Å². The van der Waals surface area contributed by atoms with Gasteiger partial charge in [0.15, 0.2) is 11.4 Å².